The average Bonchev–Trinajstić information content (AvgIpc) is 3.22. The minimum Gasteiger partial charge on any atom is -0.421 e. The summed E-state index contributed by atoms with van der Waals surface area (Å²) in [6, 6.07) is 3.23. The van der Waals surface area contributed by atoms with E-state index < -0.39 is 0 Å². The predicted molar refractivity (Wildman–Crippen MR) is 116 cm³/mol. The van der Waals surface area contributed by atoms with Crippen LogP contribution in [0.25, 0.3) is 21.9 Å². The van der Waals surface area contributed by atoms with Crippen LogP contribution in [0.3, 0.4) is 0 Å². The van der Waals surface area contributed by atoms with Gasteiger partial charge >= 0.3 is 6.01 Å². The number of aromatic nitrogens is 5. The standard InChI is InChI=1S/C22H22FN7O/c1-12-25-9-14(10-26-12)31-21-28-19-17(15-7-13(23)8-16(24-2)18(15)27-19)20(29-21)30-6-5-22(11-30)3-4-22/h7-10,24H,3-6,11H2,1-2H3,(H,27,28,29). The number of benzene rings is 1. The maximum Gasteiger partial charge on any atom is 0.326 e. The van der Waals surface area contributed by atoms with Gasteiger partial charge in [-0.05, 0) is 43.7 Å². The second kappa shape index (κ2) is 6.50. The first-order valence-corrected chi connectivity index (χ1v) is 10.5. The molecule has 0 atom stereocenters. The third kappa shape index (κ3) is 3.03. The van der Waals surface area contributed by atoms with Crippen molar-refractivity contribution in [1.82, 2.24) is 24.9 Å². The Kier molecular flexibility index (Phi) is 3.84. The number of aromatic amines is 1. The number of hydrogen-bond donors (Lipinski definition) is 2. The lowest BCUT2D eigenvalue weighted by Crippen LogP contribution is -2.21. The maximum atomic E-state index is 14.4. The van der Waals surface area contributed by atoms with Crippen molar-refractivity contribution in [2.24, 2.45) is 5.41 Å². The highest BCUT2D eigenvalue weighted by atomic mass is 19.1. The van der Waals surface area contributed by atoms with Crippen LogP contribution in [0.2, 0.25) is 0 Å². The fourth-order valence-corrected chi connectivity index (χ4v) is 4.54. The molecule has 2 fully saturated rings. The Balaban J connectivity index is 1.54. The van der Waals surface area contributed by atoms with Gasteiger partial charge in [0.05, 0.1) is 29.0 Å². The monoisotopic (exact) mass is 419 g/mol. The molecule has 1 saturated heterocycles. The number of H-pyrrole nitrogens is 1. The Hall–Kier alpha value is -3.49. The molecule has 4 heterocycles. The third-order valence-corrected chi connectivity index (χ3v) is 6.42. The molecule has 1 aromatic carbocycles. The average molecular weight is 419 g/mol. The van der Waals surface area contributed by atoms with Crippen LogP contribution in [0.5, 0.6) is 11.8 Å². The van der Waals surface area contributed by atoms with Crippen LogP contribution >= 0.6 is 0 Å². The smallest absolute Gasteiger partial charge is 0.326 e. The van der Waals surface area contributed by atoms with Crippen LogP contribution in [0.1, 0.15) is 25.1 Å². The van der Waals surface area contributed by atoms with Crippen molar-refractivity contribution in [2.45, 2.75) is 26.2 Å². The van der Waals surface area contributed by atoms with E-state index in [0.29, 0.717) is 28.3 Å². The van der Waals surface area contributed by atoms with Crippen LogP contribution < -0.4 is 15.0 Å². The fraction of sp³-hybridized carbons (Fsp3) is 0.364. The van der Waals surface area contributed by atoms with Crippen LogP contribution in [0.4, 0.5) is 15.9 Å². The van der Waals surface area contributed by atoms with E-state index >= 15 is 0 Å². The molecule has 2 aliphatic rings. The molecule has 0 unspecified atom stereocenters. The van der Waals surface area contributed by atoms with Gasteiger partial charge in [0.25, 0.3) is 0 Å². The number of aryl methyl sites for hydroxylation is 1. The van der Waals surface area contributed by atoms with Crippen LogP contribution in [-0.4, -0.2) is 45.1 Å². The first-order valence-electron chi connectivity index (χ1n) is 10.5. The van der Waals surface area contributed by atoms with E-state index in [0.717, 1.165) is 41.6 Å². The topological polar surface area (TPSA) is 91.8 Å². The number of nitrogens with one attached hydrogen (secondary N) is 2. The maximum absolute atomic E-state index is 14.4. The van der Waals surface area contributed by atoms with Gasteiger partial charge in [0.15, 0.2) is 5.75 Å². The second-order valence-corrected chi connectivity index (χ2v) is 8.54. The van der Waals surface area contributed by atoms with Gasteiger partial charge in [0.2, 0.25) is 0 Å². The van der Waals surface area contributed by atoms with E-state index in [2.05, 4.69) is 30.2 Å². The summed E-state index contributed by atoms with van der Waals surface area (Å²) in [7, 11) is 1.77. The molecule has 1 spiro atoms. The number of anilines is 2. The molecule has 0 bridgehead atoms. The molecule has 158 valence electrons. The van der Waals surface area contributed by atoms with Crippen molar-refractivity contribution >= 4 is 33.4 Å². The van der Waals surface area contributed by atoms with Crippen LogP contribution in [0.15, 0.2) is 24.5 Å². The summed E-state index contributed by atoms with van der Waals surface area (Å²) in [5.74, 6) is 1.60. The largest absolute Gasteiger partial charge is 0.421 e. The van der Waals surface area contributed by atoms with Gasteiger partial charge in [0.1, 0.15) is 23.1 Å². The lowest BCUT2D eigenvalue weighted by Gasteiger charge is -2.19. The molecule has 1 aliphatic heterocycles. The molecule has 31 heavy (non-hydrogen) atoms. The molecule has 3 aromatic heterocycles. The van der Waals surface area contributed by atoms with Crippen molar-refractivity contribution in [3.05, 3.63) is 36.2 Å². The van der Waals surface area contributed by atoms with E-state index in [1.807, 2.05) is 6.92 Å². The molecule has 0 radical (unpaired) electrons. The highest BCUT2D eigenvalue weighted by Crippen LogP contribution is 2.54. The molecule has 2 N–H and O–H groups in total. The van der Waals surface area contributed by atoms with Gasteiger partial charge < -0.3 is 19.9 Å². The Bertz CT molecular complexity index is 1310. The quantitative estimate of drug-likeness (QED) is 0.513. The van der Waals surface area contributed by atoms with Crippen molar-refractivity contribution in [2.75, 3.05) is 30.4 Å². The number of ether oxygens (including phenoxy) is 1. The van der Waals surface area contributed by atoms with Gasteiger partial charge in [-0.2, -0.15) is 9.97 Å². The summed E-state index contributed by atoms with van der Waals surface area (Å²) in [5, 5.41) is 4.64. The van der Waals surface area contributed by atoms with Gasteiger partial charge in [-0.25, -0.2) is 14.4 Å². The summed E-state index contributed by atoms with van der Waals surface area (Å²) >= 11 is 0. The van der Waals surface area contributed by atoms with Gasteiger partial charge in [-0.3, -0.25) is 0 Å². The third-order valence-electron chi connectivity index (χ3n) is 6.42. The zero-order valence-electron chi connectivity index (χ0n) is 17.4. The molecular weight excluding hydrogens is 397 g/mol. The fourth-order valence-electron chi connectivity index (χ4n) is 4.54. The van der Waals surface area contributed by atoms with Crippen molar-refractivity contribution in [3.63, 3.8) is 0 Å². The van der Waals surface area contributed by atoms with E-state index in [-0.39, 0.29) is 11.8 Å². The molecule has 6 rings (SSSR count). The summed E-state index contributed by atoms with van der Waals surface area (Å²) in [5.41, 5.74) is 2.50. The molecule has 8 nitrogen and oxygen atoms in total. The number of nitrogens with zero attached hydrogens (tertiary/aromatic N) is 5. The van der Waals surface area contributed by atoms with Gasteiger partial charge in [-0.1, -0.05) is 0 Å². The normalized spacial score (nSPS) is 17.1. The minimum absolute atomic E-state index is 0.213. The van der Waals surface area contributed by atoms with Crippen molar-refractivity contribution < 1.29 is 9.13 Å². The number of halogens is 1. The van der Waals surface area contributed by atoms with Crippen molar-refractivity contribution in [3.8, 4) is 11.8 Å². The van der Waals surface area contributed by atoms with E-state index in [1.54, 1.807) is 25.5 Å². The van der Waals surface area contributed by atoms with Gasteiger partial charge in [0, 0.05) is 25.5 Å². The number of hydrogen-bond acceptors (Lipinski definition) is 7. The number of rotatable bonds is 4. The lowest BCUT2D eigenvalue weighted by molar-refractivity contribution is 0.439. The van der Waals surface area contributed by atoms with E-state index in [9.17, 15) is 4.39 Å². The molecule has 9 heteroatoms. The zero-order chi connectivity index (χ0) is 21.2. The van der Waals surface area contributed by atoms with E-state index in [4.69, 9.17) is 9.72 Å². The summed E-state index contributed by atoms with van der Waals surface area (Å²) < 4.78 is 20.3. The zero-order valence-corrected chi connectivity index (χ0v) is 17.4. The van der Waals surface area contributed by atoms with Gasteiger partial charge in [-0.15, -0.1) is 0 Å². The summed E-state index contributed by atoms with van der Waals surface area (Å²) in [6.45, 7) is 3.68. The van der Waals surface area contributed by atoms with E-state index in [1.165, 1.54) is 18.9 Å². The molecule has 0 amide bonds. The lowest BCUT2D eigenvalue weighted by atomic mass is 10.1. The van der Waals surface area contributed by atoms with Crippen LogP contribution in [0, 0.1) is 18.2 Å². The summed E-state index contributed by atoms with van der Waals surface area (Å²) in [6.07, 6.45) is 6.87. The molecule has 4 aromatic rings. The first kappa shape index (κ1) is 18.3. The molecular formula is C22H22FN7O. The predicted octanol–water partition coefficient (Wildman–Crippen LogP) is 4.17. The Labute approximate surface area is 177 Å². The summed E-state index contributed by atoms with van der Waals surface area (Å²) in [4.78, 5) is 23.3. The SMILES string of the molecule is CNc1cc(F)cc2c1[nH]c1nc(Oc3cnc(C)nc3)nc(N3CCC4(CC4)C3)c12. The van der Waals surface area contributed by atoms with Crippen LogP contribution in [-0.2, 0) is 0 Å². The second-order valence-electron chi connectivity index (χ2n) is 8.54. The Morgan fingerprint density at radius 2 is 1.97 bits per heavy atom. The van der Waals surface area contributed by atoms with Crippen molar-refractivity contribution in [1.29, 1.82) is 0 Å². The Morgan fingerprint density at radius 3 is 2.68 bits per heavy atom. The first-order chi connectivity index (χ1) is 15.0. The Morgan fingerprint density at radius 1 is 1.16 bits per heavy atom. The highest BCUT2D eigenvalue weighted by Gasteiger charge is 2.48. The highest BCUT2D eigenvalue weighted by molar-refractivity contribution is 6.14. The minimum atomic E-state index is -0.305. The number of fused-ring (bicyclic) bond motifs is 3. The molecule has 1 aliphatic carbocycles. The molecule has 1 saturated carbocycles.